The van der Waals surface area contributed by atoms with Gasteiger partial charge in [-0.2, -0.15) is 5.26 Å². The number of hydrogen-bond donors (Lipinski definition) is 1. The normalized spacial score (nSPS) is 10.8. The number of halogens is 2. The van der Waals surface area contributed by atoms with Crippen LogP contribution in [0.15, 0.2) is 47.4 Å². The molecule has 0 radical (unpaired) electrons. The Morgan fingerprint density at radius 3 is 2.55 bits per heavy atom. The molecule has 4 nitrogen and oxygen atoms in total. The Kier molecular flexibility index (Phi) is 3.93. The van der Waals surface area contributed by atoms with E-state index in [1.54, 1.807) is 0 Å². The summed E-state index contributed by atoms with van der Waals surface area (Å²) in [4.78, 5) is -0.496. The van der Waals surface area contributed by atoms with Crippen LogP contribution in [0.1, 0.15) is 5.56 Å². The molecule has 20 heavy (non-hydrogen) atoms. The summed E-state index contributed by atoms with van der Waals surface area (Å²) in [6.07, 6.45) is 0. The number of nitrogens with one attached hydrogen (secondary N) is 1. The minimum atomic E-state index is -4.13. The fourth-order valence-electron chi connectivity index (χ4n) is 1.56. The lowest BCUT2D eigenvalue weighted by atomic mass is 10.2. The first-order valence-corrected chi connectivity index (χ1v) is 7.27. The molecule has 1 N–H and O–H groups in total. The smallest absolute Gasteiger partial charge is 0.264 e. The van der Waals surface area contributed by atoms with E-state index in [1.807, 2.05) is 6.07 Å². The molecule has 0 aromatic heterocycles. The van der Waals surface area contributed by atoms with E-state index in [4.69, 9.17) is 16.9 Å². The van der Waals surface area contributed by atoms with Gasteiger partial charge in [-0.05, 0) is 30.3 Å². The number of hydrogen-bond acceptors (Lipinski definition) is 3. The average molecular weight is 311 g/mol. The van der Waals surface area contributed by atoms with Crippen molar-refractivity contribution in [2.75, 3.05) is 4.72 Å². The summed E-state index contributed by atoms with van der Waals surface area (Å²) >= 11 is 5.76. The van der Waals surface area contributed by atoms with Gasteiger partial charge in [0, 0.05) is 5.02 Å². The van der Waals surface area contributed by atoms with Crippen molar-refractivity contribution in [1.82, 2.24) is 0 Å². The van der Waals surface area contributed by atoms with E-state index in [-0.39, 0.29) is 16.3 Å². The third kappa shape index (κ3) is 2.90. The second-order valence-electron chi connectivity index (χ2n) is 3.84. The molecule has 0 saturated carbocycles. The molecule has 0 amide bonds. The number of benzene rings is 2. The van der Waals surface area contributed by atoms with Gasteiger partial charge in [-0.1, -0.05) is 23.7 Å². The minimum Gasteiger partial charge on any atom is -0.278 e. The molecular weight excluding hydrogens is 303 g/mol. The summed E-state index contributed by atoms with van der Waals surface area (Å²) in [5.41, 5.74) is 0.0950. The van der Waals surface area contributed by atoms with Gasteiger partial charge in [0.25, 0.3) is 10.0 Å². The Hall–Kier alpha value is -2.10. The average Bonchev–Trinajstić information content (AvgIpc) is 2.39. The van der Waals surface area contributed by atoms with Crippen molar-refractivity contribution in [2.24, 2.45) is 0 Å². The summed E-state index contributed by atoms with van der Waals surface area (Å²) in [5.74, 6) is -0.875. The Bertz CT molecular complexity index is 800. The molecule has 0 unspecified atom stereocenters. The van der Waals surface area contributed by atoms with Crippen LogP contribution in [0.5, 0.6) is 0 Å². The van der Waals surface area contributed by atoms with Crippen LogP contribution in [-0.4, -0.2) is 8.42 Å². The van der Waals surface area contributed by atoms with Gasteiger partial charge in [0.1, 0.15) is 16.8 Å². The van der Waals surface area contributed by atoms with E-state index in [0.717, 1.165) is 12.1 Å². The quantitative estimate of drug-likeness (QED) is 0.946. The zero-order chi connectivity index (χ0) is 14.8. The van der Waals surface area contributed by atoms with Crippen molar-refractivity contribution in [3.63, 3.8) is 0 Å². The third-order valence-corrected chi connectivity index (χ3v) is 4.11. The van der Waals surface area contributed by atoms with Crippen molar-refractivity contribution in [3.05, 3.63) is 58.9 Å². The van der Waals surface area contributed by atoms with Gasteiger partial charge in [0.2, 0.25) is 0 Å². The molecular formula is C13H8ClFN2O2S. The molecule has 0 aliphatic rings. The SMILES string of the molecule is N#Cc1ccc(Cl)cc1NS(=O)(=O)c1ccccc1F. The van der Waals surface area contributed by atoms with Gasteiger partial charge in [-0.15, -0.1) is 0 Å². The predicted octanol–water partition coefficient (Wildman–Crippen LogP) is 3.15. The Labute approximate surface area is 120 Å². The fraction of sp³-hybridized carbons (Fsp3) is 0. The van der Waals surface area contributed by atoms with Gasteiger partial charge in [-0.3, -0.25) is 4.72 Å². The van der Waals surface area contributed by atoms with Gasteiger partial charge < -0.3 is 0 Å². The number of rotatable bonds is 3. The van der Waals surface area contributed by atoms with E-state index < -0.39 is 20.7 Å². The zero-order valence-corrected chi connectivity index (χ0v) is 11.5. The van der Waals surface area contributed by atoms with Crippen molar-refractivity contribution in [2.45, 2.75) is 4.90 Å². The molecule has 0 fully saturated rings. The Morgan fingerprint density at radius 1 is 1.20 bits per heavy atom. The number of anilines is 1. The van der Waals surface area contributed by atoms with Crippen LogP contribution >= 0.6 is 11.6 Å². The molecule has 0 spiro atoms. The van der Waals surface area contributed by atoms with Gasteiger partial charge >= 0.3 is 0 Å². The van der Waals surface area contributed by atoms with E-state index in [2.05, 4.69) is 4.72 Å². The first kappa shape index (κ1) is 14.3. The first-order chi connectivity index (χ1) is 9.44. The predicted molar refractivity (Wildman–Crippen MR) is 73.4 cm³/mol. The highest BCUT2D eigenvalue weighted by Crippen LogP contribution is 2.24. The van der Waals surface area contributed by atoms with Crippen molar-refractivity contribution < 1.29 is 12.8 Å². The second kappa shape index (κ2) is 5.49. The molecule has 0 aliphatic heterocycles. The molecule has 2 rings (SSSR count). The zero-order valence-electron chi connectivity index (χ0n) is 9.97. The molecule has 2 aromatic rings. The number of nitriles is 1. The van der Waals surface area contributed by atoms with Crippen molar-refractivity contribution >= 4 is 27.3 Å². The molecule has 0 heterocycles. The molecule has 0 saturated heterocycles. The van der Waals surface area contributed by atoms with Gasteiger partial charge in [0.15, 0.2) is 0 Å². The van der Waals surface area contributed by atoms with Crippen LogP contribution in [0.3, 0.4) is 0 Å². The molecule has 0 atom stereocenters. The van der Waals surface area contributed by atoms with Crippen LogP contribution in [-0.2, 0) is 10.0 Å². The van der Waals surface area contributed by atoms with Gasteiger partial charge in [0.05, 0.1) is 11.3 Å². The van der Waals surface area contributed by atoms with Crippen molar-refractivity contribution in [3.8, 4) is 6.07 Å². The lowest BCUT2D eigenvalue weighted by Crippen LogP contribution is -2.15. The Morgan fingerprint density at radius 2 is 1.90 bits per heavy atom. The van der Waals surface area contributed by atoms with E-state index in [1.165, 1.54) is 30.3 Å². The summed E-state index contributed by atoms with van der Waals surface area (Å²) in [6.45, 7) is 0. The van der Waals surface area contributed by atoms with Crippen LogP contribution in [0.2, 0.25) is 5.02 Å². The van der Waals surface area contributed by atoms with Crippen molar-refractivity contribution in [1.29, 1.82) is 5.26 Å². The topological polar surface area (TPSA) is 70.0 Å². The standard InChI is InChI=1S/C13H8ClFN2O2S/c14-10-6-5-9(8-16)12(7-10)17-20(18,19)13-4-2-1-3-11(13)15/h1-7,17H. The largest absolute Gasteiger partial charge is 0.278 e. The van der Waals surface area contributed by atoms with E-state index in [9.17, 15) is 12.8 Å². The summed E-state index contributed by atoms with van der Waals surface area (Å²) in [5, 5.41) is 9.19. The van der Waals surface area contributed by atoms with Crippen LogP contribution in [0, 0.1) is 17.1 Å². The maximum Gasteiger partial charge on any atom is 0.264 e. The highest BCUT2D eigenvalue weighted by molar-refractivity contribution is 7.92. The third-order valence-electron chi connectivity index (χ3n) is 2.47. The fourth-order valence-corrected chi connectivity index (χ4v) is 2.88. The molecule has 2 aromatic carbocycles. The summed E-state index contributed by atoms with van der Waals surface area (Å²) in [7, 11) is -4.13. The minimum absolute atomic E-state index is 0.00301. The van der Waals surface area contributed by atoms with Crippen LogP contribution in [0.4, 0.5) is 10.1 Å². The highest BCUT2D eigenvalue weighted by Gasteiger charge is 2.20. The number of nitrogens with zero attached hydrogens (tertiary/aromatic N) is 1. The monoisotopic (exact) mass is 310 g/mol. The maximum atomic E-state index is 13.5. The molecule has 0 aliphatic carbocycles. The van der Waals surface area contributed by atoms with E-state index in [0.29, 0.717) is 0 Å². The van der Waals surface area contributed by atoms with E-state index >= 15 is 0 Å². The Balaban J connectivity index is 2.47. The number of sulfonamides is 1. The van der Waals surface area contributed by atoms with Crippen LogP contribution in [0.25, 0.3) is 0 Å². The second-order valence-corrected chi connectivity index (χ2v) is 5.92. The molecule has 0 bridgehead atoms. The lowest BCUT2D eigenvalue weighted by Gasteiger charge is -2.10. The molecule has 7 heteroatoms. The first-order valence-electron chi connectivity index (χ1n) is 5.41. The maximum absolute atomic E-state index is 13.5. The summed E-state index contributed by atoms with van der Waals surface area (Å²) < 4.78 is 39.9. The summed E-state index contributed by atoms with van der Waals surface area (Å²) in [6, 6.07) is 10.9. The lowest BCUT2D eigenvalue weighted by molar-refractivity contribution is 0.570. The highest BCUT2D eigenvalue weighted by atomic mass is 35.5. The molecule has 102 valence electrons. The van der Waals surface area contributed by atoms with Gasteiger partial charge in [-0.25, -0.2) is 12.8 Å². The van der Waals surface area contributed by atoms with Crippen LogP contribution < -0.4 is 4.72 Å².